The van der Waals surface area contributed by atoms with Crippen LogP contribution < -0.4 is 0 Å². The van der Waals surface area contributed by atoms with Crippen LogP contribution in [0.2, 0.25) is 4.34 Å². The van der Waals surface area contributed by atoms with E-state index in [1.807, 2.05) is 0 Å². The van der Waals surface area contributed by atoms with Gasteiger partial charge in [-0.3, -0.25) is 4.79 Å². The number of carbonyl (C=O) groups excluding carboxylic acids is 1. The molecule has 0 saturated carbocycles. The number of ether oxygens (including phenoxy) is 1. The number of hydrogen-bond donors (Lipinski definition) is 0. The van der Waals surface area contributed by atoms with Gasteiger partial charge < -0.3 is 4.74 Å². The maximum Gasteiger partial charge on any atom is 0.310 e. The van der Waals surface area contributed by atoms with Crippen LogP contribution in [0.4, 0.5) is 0 Å². The lowest BCUT2D eigenvalue weighted by Gasteiger charge is -2.14. The monoisotopic (exact) mass is 323 g/mol. The predicted octanol–water partition coefficient (Wildman–Crippen LogP) is 1.89. The number of halogens is 1. The molecule has 2 rings (SSSR count). The second kappa shape index (κ2) is 5.40. The van der Waals surface area contributed by atoms with Crippen molar-refractivity contribution >= 4 is 38.9 Å². The average Bonchev–Trinajstić information content (AvgIpc) is 2.97. The fourth-order valence-electron chi connectivity index (χ4n) is 1.99. The normalized spacial score (nSPS) is 20.7. The molecule has 1 aliphatic rings. The van der Waals surface area contributed by atoms with Gasteiger partial charge in [-0.2, -0.15) is 4.31 Å². The Morgan fingerprint density at radius 1 is 1.58 bits per heavy atom. The highest BCUT2D eigenvalue weighted by molar-refractivity contribution is 7.91. The van der Waals surface area contributed by atoms with Crippen LogP contribution in [-0.2, 0) is 19.6 Å². The van der Waals surface area contributed by atoms with E-state index < -0.39 is 10.0 Å². The molecule has 0 aliphatic carbocycles. The minimum Gasteiger partial charge on any atom is -0.469 e. The molecule has 1 saturated heterocycles. The minimum atomic E-state index is -3.56. The van der Waals surface area contributed by atoms with Crippen LogP contribution in [0, 0.1) is 12.8 Å². The first kappa shape index (κ1) is 14.8. The molecular weight excluding hydrogens is 310 g/mol. The van der Waals surface area contributed by atoms with Gasteiger partial charge in [0.2, 0.25) is 0 Å². The van der Waals surface area contributed by atoms with E-state index in [-0.39, 0.29) is 22.6 Å². The molecule has 1 unspecified atom stereocenters. The lowest BCUT2D eigenvalue weighted by Crippen LogP contribution is -2.29. The van der Waals surface area contributed by atoms with Crippen LogP contribution in [0.3, 0.4) is 0 Å². The first-order chi connectivity index (χ1) is 8.86. The van der Waals surface area contributed by atoms with Crippen molar-refractivity contribution < 1.29 is 17.9 Å². The smallest absolute Gasteiger partial charge is 0.310 e. The van der Waals surface area contributed by atoms with Crippen molar-refractivity contribution in [3.63, 3.8) is 0 Å². The van der Waals surface area contributed by atoms with Gasteiger partial charge in [-0.15, -0.1) is 11.3 Å². The molecule has 0 bridgehead atoms. The number of methoxy groups -OCH3 is 1. The topological polar surface area (TPSA) is 63.7 Å². The van der Waals surface area contributed by atoms with Gasteiger partial charge in [0.25, 0.3) is 10.0 Å². The molecule has 1 aromatic heterocycles. The quantitative estimate of drug-likeness (QED) is 0.797. The van der Waals surface area contributed by atoms with E-state index in [1.54, 1.807) is 13.0 Å². The van der Waals surface area contributed by atoms with Crippen LogP contribution in [-0.4, -0.2) is 38.9 Å². The summed E-state index contributed by atoms with van der Waals surface area (Å²) in [5.41, 5.74) is 0.744. The van der Waals surface area contributed by atoms with Crippen LogP contribution in [0.15, 0.2) is 10.3 Å². The molecule has 1 atom stereocenters. The largest absolute Gasteiger partial charge is 0.469 e. The van der Waals surface area contributed by atoms with Gasteiger partial charge in [0, 0.05) is 13.1 Å². The Morgan fingerprint density at radius 2 is 2.26 bits per heavy atom. The molecule has 8 heteroatoms. The molecule has 19 heavy (non-hydrogen) atoms. The third kappa shape index (κ3) is 2.79. The summed E-state index contributed by atoms with van der Waals surface area (Å²) < 4.78 is 31.4. The highest BCUT2D eigenvalue weighted by Gasteiger charge is 2.37. The molecule has 0 radical (unpaired) electrons. The van der Waals surface area contributed by atoms with Crippen molar-refractivity contribution in [2.45, 2.75) is 17.6 Å². The summed E-state index contributed by atoms with van der Waals surface area (Å²) in [7, 11) is -2.25. The Bertz CT molecular complexity index is 576. The maximum atomic E-state index is 12.4. The third-order valence-electron chi connectivity index (χ3n) is 3.11. The van der Waals surface area contributed by atoms with Gasteiger partial charge in [0.05, 0.1) is 17.4 Å². The number of hydrogen-bond acceptors (Lipinski definition) is 5. The third-order valence-corrected chi connectivity index (χ3v) is 6.98. The second-order valence-corrected chi connectivity index (χ2v) is 8.21. The highest BCUT2D eigenvalue weighted by Crippen LogP contribution is 2.33. The summed E-state index contributed by atoms with van der Waals surface area (Å²) in [6, 6.07) is 1.56. The van der Waals surface area contributed by atoms with Crippen molar-refractivity contribution in [3.8, 4) is 0 Å². The van der Waals surface area contributed by atoms with E-state index in [0.29, 0.717) is 17.3 Å². The summed E-state index contributed by atoms with van der Waals surface area (Å²) >= 11 is 6.95. The van der Waals surface area contributed by atoms with E-state index >= 15 is 0 Å². The van der Waals surface area contributed by atoms with E-state index in [9.17, 15) is 13.2 Å². The molecule has 1 fully saturated rings. The summed E-state index contributed by atoms with van der Waals surface area (Å²) in [6.45, 7) is 2.26. The number of nitrogens with zero attached hydrogens (tertiary/aromatic N) is 1. The fraction of sp³-hybridized carbons (Fsp3) is 0.545. The van der Waals surface area contributed by atoms with E-state index in [0.717, 1.165) is 16.9 Å². The number of carbonyl (C=O) groups is 1. The number of sulfonamides is 1. The molecule has 0 amide bonds. The SMILES string of the molecule is COC(=O)C1CCN(S(=O)(=O)c2cc(C)c(Cl)s2)C1. The molecule has 0 N–H and O–H groups in total. The Kier molecular flexibility index (Phi) is 4.20. The molecule has 1 aliphatic heterocycles. The Hall–Kier alpha value is -0.630. The zero-order valence-corrected chi connectivity index (χ0v) is 12.9. The molecule has 0 aromatic carbocycles. The van der Waals surface area contributed by atoms with Gasteiger partial charge >= 0.3 is 5.97 Å². The first-order valence-electron chi connectivity index (χ1n) is 5.70. The predicted molar refractivity (Wildman–Crippen MR) is 72.9 cm³/mol. The molecule has 1 aromatic rings. The van der Waals surface area contributed by atoms with E-state index in [1.165, 1.54) is 11.4 Å². The average molecular weight is 324 g/mol. The zero-order chi connectivity index (χ0) is 14.2. The lowest BCUT2D eigenvalue weighted by molar-refractivity contribution is -0.144. The van der Waals surface area contributed by atoms with Gasteiger partial charge in [0.15, 0.2) is 0 Å². The standard InChI is InChI=1S/C11H14ClNO4S2/c1-7-5-9(18-10(7)12)19(15,16)13-4-3-8(6-13)11(14)17-2/h5,8H,3-4,6H2,1-2H3. The summed E-state index contributed by atoms with van der Waals surface area (Å²) in [6.07, 6.45) is 0.490. The van der Waals surface area contributed by atoms with Gasteiger partial charge in [0.1, 0.15) is 4.21 Å². The van der Waals surface area contributed by atoms with Crippen molar-refractivity contribution in [2.75, 3.05) is 20.2 Å². The molecule has 5 nitrogen and oxygen atoms in total. The van der Waals surface area contributed by atoms with Gasteiger partial charge in [-0.1, -0.05) is 11.6 Å². The summed E-state index contributed by atoms with van der Waals surface area (Å²) in [5.74, 6) is -0.741. The summed E-state index contributed by atoms with van der Waals surface area (Å²) in [4.78, 5) is 11.4. The second-order valence-electron chi connectivity index (χ2n) is 4.39. The van der Waals surface area contributed by atoms with Gasteiger partial charge in [-0.05, 0) is 25.0 Å². The van der Waals surface area contributed by atoms with Crippen molar-refractivity contribution in [1.82, 2.24) is 4.31 Å². The van der Waals surface area contributed by atoms with Gasteiger partial charge in [-0.25, -0.2) is 8.42 Å². The van der Waals surface area contributed by atoms with Crippen LogP contribution in [0.5, 0.6) is 0 Å². The number of esters is 1. The Balaban J connectivity index is 2.20. The minimum absolute atomic E-state index is 0.170. The molecular formula is C11H14ClNO4S2. The van der Waals surface area contributed by atoms with Crippen molar-refractivity contribution in [1.29, 1.82) is 0 Å². The Labute approximate surface area is 121 Å². The maximum absolute atomic E-state index is 12.4. The van der Waals surface area contributed by atoms with Crippen LogP contribution in [0.1, 0.15) is 12.0 Å². The molecule has 106 valence electrons. The molecule has 0 spiro atoms. The van der Waals surface area contributed by atoms with E-state index in [4.69, 9.17) is 11.6 Å². The molecule has 2 heterocycles. The van der Waals surface area contributed by atoms with E-state index in [2.05, 4.69) is 4.74 Å². The van der Waals surface area contributed by atoms with Crippen LogP contribution in [0.25, 0.3) is 0 Å². The Morgan fingerprint density at radius 3 is 2.79 bits per heavy atom. The van der Waals surface area contributed by atoms with Crippen LogP contribution >= 0.6 is 22.9 Å². The number of aryl methyl sites for hydroxylation is 1. The highest BCUT2D eigenvalue weighted by atomic mass is 35.5. The van der Waals surface area contributed by atoms with Crippen molar-refractivity contribution in [3.05, 3.63) is 16.0 Å². The number of rotatable bonds is 3. The number of thiophene rings is 1. The zero-order valence-electron chi connectivity index (χ0n) is 10.6. The first-order valence-corrected chi connectivity index (χ1v) is 8.33. The fourth-order valence-corrected chi connectivity index (χ4v) is 5.35. The lowest BCUT2D eigenvalue weighted by atomic mass is 10.1. The summed E-state index contributed by atoms with van der Waals surface area (Å²) in [5, 5.41) is 0. The van der Waals surface area contributed by atoms with Crippen molar-refractivity contribution in [2.24, 2.45) is 5.92 Å².